The molecular weight excluding hydrogens is 388 g/mol. The Morgan fingerprint density at radius 2 is 1.06 bits per heavy atom. The van der Waals surface area contributed by atoms with E-state index in [4.69, 9.17) is 9.47 Å². The quantitative estimate of drug-likeness (QED) is 0.188. The lowest BCUT2D eigenvalue weighted by molar-refractivity contribution is -0.144. The van der Waals surface area contributed by atoms with Gasteiger partial charge in [-0.1, -0.05) is 40.5 Å². The SMILES string of the molecule is CCOC(=O)CCCC(=O)OC/C=C(\C)CC/C=C(\C)CC/C=C(\C)CCC=C(C)C. The summed E-state index contributed by atoms with van der Waals surface area (Å²) in [4.78, 5) is 22.9. The molecule has 0 aliphatic rings. The monoisotopic (exact) mass is 432 g/mol. The summed E-state index contributed by atoms with van der Waals surface area (Å²) in [5.74, 6) is -0.534. The molecule has 0 aromatic heterocycles. The molecule has 0 atom stereocenters. The number of carbonyl (C=O) groups is 2. The average molecular weight is 433 g/mol. The molecule has 176 valence electrons. The number of rotatable bonds is 16. The second kappa shape index (κ2) is 18.7. The minimum atomic E-state index is -0.270. The Balaban J connectivity index is 3.98. The van der Waals surface area contributed by atoms with Crippen LogP contribution in [0.1, 0.15) is 99.3 Å². The lowest BCUT2D eigenvalue weighted by Gasteiger charge is -2.04. The number of hydrogen-bond acceptors (Lipinski definition) is 4. The molecule has 0 aliphatic heterocycles. The van der Waals surface area contributed by atoms with E-state index in [0.29, 0.717) is 19.6 Å². The Bertz CT molecular complexity index is 646. The number of ether oxygens (including phenoxy) is 2. The predicted molar refractivity (Wildman–Crippen MR) is 130 cm³/mol. The number of allylic oxidation sites excluding steroid dienone is 7. The van der Waals surface area contributed by atoms with Gasteiger partial charge in [-0.25, -0.2) is 0 Å². The second-order valence-corrected chi connectivity index (χ2v) is 8.39. The van der Waals surface area contributed by atoms with Crippen LogP contribution in [0.2, 0.25) is 0 Å². The van der Waals surface area contributed by atoms with Crippen LogP contribution in [0.25, 0.3) is 0 Å². The number of esters is 2. The van der Waals surface area contributed by atoms with E-state index in [1.54, 1.807) is 6.92 Å². The smallest absolute Gasteiger partial charge is 0.306 e. The van der Waals surface area contributed by atoms with Gasteiger partial charge < -0.3 is 9.47 Å². The van der Waals surface area contributed by atoms with E-state index in [1.807, 2.05) is 6.08 Å². The van der Waals surface area contributed by atoms with E-state index in [0.717, 1.165) is 38.5 Å². The summed E-state index contributed by atoms with van der Waals surface area (Å²) in [6.07, 6.45) is 16.4. The van der Waals surface area contributed by atoms with Crippen molar-refractivity contribution in [2.75, 3.05) is 13.2 Å². The van der Waals surface area contributed by atoms with Gasteiger partial charge in [0.25, 0.3) is 0 Å². The summed E-state index contributed by atoms with van der Waals surface area (Å²) >= 11 is 0. The molecule has 31 heavy (non-hydrogen) atoms. The lowest BCUT2D eigenvalue weighted by atomic mass is 10.0. The van der Waals surface area contributed by atoms with E-state index in [-0.39, 0.29) is 24.8 Å². The maximum atomic E-state index is 11.7. The first-order chi connectivity index (χ1) is 14.7. The molecule has 0 fully saturated rings. The molecule has 0 bridgehead atoms. The van der Waals surface area contributed by atoms with Gasteiger partial charge >= 0.3 is 11.9 Å². The Hall–Kier alpha value is -2.10. The molecule has 0 amide bonds. The van der Waals surface area contributed by atoms with Crippen molar-refractivity contribution in [1.29, 1.82) is 0 Å². The van der Waals surface area contributed by atoms with Crippen molar-refractivity contribution in [2.45, 2.75) is 99.3 Å². The number of hydrogen-bond donors (Lipinski definition) is 0. The minimum Gasteiger partial charge on any atom is -0.466 e. The van der Waals surface area contributed by atoms with Gasteiger partial charge in [0.05, 0.1) is 6.61 Å². The fourth-order valence-electron chi connectivity index (χ4n) is 2.95. The van der Waals surface area contributed by atoms with Crippen LogP contribution >= 0.6 is 0 Å². The zero-order valence-corrected chi connectivity index (χ0v) is 20.7. The molecule has 4 heteroatoms. The fraction of sp³-hybridized carbons (Fsp3) is 0.630. The van der Waals surface area contributed by atoms with Crippen LogP contribution in [0.5, 0.6) is 0 Å². The van der Waals surface area contributed by atoms with Crippen molar-refractivity contribution in [1.82, 2.24) is 0 Å². The first kappa shape index (κ1) is 28.9. The Morgan fingerprint density at radius 1 is 0.613 bits per heavy atom. The van der Waals surface area contributed by atoms with Gasteiger partial charge in [-0.05, 0) is 92.6 Å². The van der Waals surface area contributed by atoms with E-state index in [1.165, 1.54) is 22.3 Å². The third-order valence-electron chi connectivity index (χ3n) is 4.90. The molecule has 0 rings (SSSR count). The molecule has 0 saturated heterocycles. The summed E-state index contributed by atoms with van der Waals surface area (Å²) in [5.41, 5.74) is 5.51. The van der Waals surface area contributed by atoms with Crippen molar-refractivity contribution < 1.29 is 19.1 Å². The molecule has 0 aliphatic carbocycles. The van der Waals surface area contributed by atoms with Crippen molar-refractivity contribution in [3.63, 3.8) is 0 Å². The minimum absolute atomic E-state index is 0.247. The van der Waals surface area contributed by atoms with Gasteiger partial charge in [0.1, 0.15) is 6.61 Å². The Morgan fingerprint density at radius 3 is 1.55 bits per heavy atom. The Kier molecular flexibility index (Phi) is 17.4. The van der Waals surface area contributed by atoms with E-state index < -0.39 is 0 Å². The van der Waals surface area contributed by atoms with Crippen LogP contribution in [0.3, 0.4) is 0 Å². The van der Waals surface area contributed by atoms with Crippen LogP contribution in [0.4, 0.5) is 0 Å². The average Bonchev–Trinajstić information content (AvgIpc) is 2.68. The normalized spacial score (nSPS) is 12.5. The molecule has 0 heterocycles. The van der Waals surface area contributed by atoms with E-state index >= 15 is 0 Å². The highest BCUT2D eigenvalue weighted by atomic mass is 16.5. The maximum Gasteiger partial charge on any atom is 0.306 e. The molecule has 0 spiro atoms. The van der Waals surface area contributed by atoms with Crippen LogP contribution in [0, 0.1) is 0 Å². The third-order valence-corrected chi connectivity index (χ3v) is 4.90. The highest BCUT2D eigenvalue weighted by Crippen LogP contribution is 2.13. The van der Waals surface area contributed by atoms with Crippen LogP contribution in [-0.4, -0.2) is 25.2 Å². The maximum absolute atomic E-state index is 11.7. The first-order valence-electron chi connectivity index (χ1n) is 11.7. The van der Waals surface area contributed by atoms with Crippen LogP contribution in [0.15, 0.2) is 46.6 Å². The first-order valence-corrected chi connectivity index (χ1v) is 11.7. The highest BCUT2D eigenvalue weighted by molar-refractivity contribution is 5.72. The summed E-state index contributed by atoms with van der Waals surface area (Å²) in [7, 11) is 0. The molecule has 0 N–H and O–H groups in total. The molecule has 4 nitrogen and oxygen atoms in total. The largest absolute Gasteiger partial charge is 0.466 e. The van der Waals surface area contributed by atoms with Crippen molar-refractivity contribution in [3.05, 3.63) is 46.6 Å². The van der Waals surface area contributed by atoms with Gasteiger partial charge in [-0.15, -0.1) is 0 Å². The Labute approximate surface area is 190 Å². The summed E-state index contributed by atoms with van der Waals surface area (Å²) in [6.45, 7) is 13.2. The topological polar surface area (TPSA) is 52.6 Å². The molecule has 0 radical (unpaired) electrons. The van der Waals surface area contributed by atoms with Crippen molar-refractivity contribution in [3.8, 4) is 0 Å². The van der Waals surface area contributed by atoms with Gasteiger partial charge in [0, 0.05) is 12.8 Å². The molecular formula is C27H44O4. The summed E-state index contributed by atoms with van der Waals surface area (Å²) in [5, 5.41) is 0. The third kappa shape index (κ3) is 19.6. The summed E-state index contributed by atoms with van der Waals surface area (Å²) in [6, 6.07) is 0. The summed E-state index contributed by atoms with van der Waals surface area (Å²) < 4.78 is 10.0. The van der Waals surface area contributed by atoms with Gasteiger partial charge in [-0.2, -0.15) is 0 Å². The standard InChI is InChI=1S/C27H44O4/c1-7-30-26(28)18-11-19-27(29)31-21-20-25(6)17-10-16-24(5)15-9-14-23(4)13-8-12-22(2)3/h12,14,16,20H,7-11,13,15,17-19,21H2,1-6H3/b23-14+,24-16+,25-20+. The van der Waals surface area contributed by atoms with E-state index in [9.17, 15) is 9.59 Å². The lowest BCUT2D eigenvalue weighted by Crippen LogP contribution is -2.08. The van der Waals surface area contributed by atoms with Crippen molar-refractivity contribution in [2.24, 2.45) is 0 Å². The van der Waals surface area contributed by atoms with Crippen molar-refractivity contribution >= 4 is 11.9 Å². The number of carbonyl (C=O) groups excluding carboxylic acids is 2. The van der Waals surface area contributed by atoms with Crippen LogP contribution < -0.4 is 0 Å². The zero-order valence-electron chi connectivity index (χ0n) is 20.7. The zero-order chi connectivity index (χ0) is 23.5. The molecule has 0 aromatic rings. The second-order valence-electron chi connectivity index (χ2n) is 8.39. The molecule has 0 saturated carbocycles. The van der Waals surface area contributed by atoms with E-state index in [2.05, 4.69) is 52.8 Å². The van der Waals surface area contributed by atoms with Crippen LogP contribution in [-0.2, 0) is 19.1 Å². The highest BCUT2D eigenvalue weighted by Gasteiger charge is 2.06. The van der Waals surface area contributed by atoms with Gasteiger partial charge in [0.15, 0.2) is 0 Å². The molecule has 0 aromatic carbocycles. The van der Waals surface area contributed by atoms with Gasteiger partial charge in [0.2, 0.25) is 0 Å². The molecule has 0 unspecified atom stereocenters. The fourth-order valence-corrected chi connectivity index (χ4v) is 2.95. The predicted octanol–water partition coefficient (Wildman–Crippen LogP) is 7.41. The van der Waals surface area contributed by atoms with Gasteiger partial charge in [-0.3, -0.25) is 9.59 Å².